The summed E-state index contributed by atoms with van der Waals surface area (Å²) in [7, 11) is 0. The smallest absolute Gasteiger partial charge is 0.305 e. The van der Waals surface area contributed by atoms with Gasteiger partial charge in [-0.25, -0.2) is 4.98 Å². The number of carboxylic acids is 1. The number of carbonyl (C=O) groups is 1. The summed E-state index contributed by atoms with van der Waals surface area (Å²) in [4.78, 5) is 19.1. The minimum atomic E-state index is -0.806. The Kier molecular flexibility index (Phi) is 4.11. The zero-order valence-electron chi connectivity index (χ0n) is 10.0. The number of hydrogen-bond donors (Lipinski definition) is 3. The molecule has 0 spiro atoms. The third kappa shape index (κ3) is 3.18. The first-order chi connectivity index (χ1) is 8.66. The third-order valence-electron chi connectivity index (χ3n) is 2.72. The molecule has 1 atom stereocenters. The van der Waals surface area contributed by atoms with Crippen LogP contribution in [0.25, 0.3) is 0 Å². The van der Waals surface area contributed by atoms with Gasteiger partial charge in [0.25, 0.3) is 0 Å². The lowest BCUT2D eigenvalue weighted by atomic mass is 10.1. The molecule has 1 unspecified atom stereocenters. The molecular formula is C12H15N3O2S. The highest BCUT2D eigenvalue weighted by molar-refractivity contribution is 7.10. The Morgan fingerprint density at radius 3 is 3.06 bits per heavy atom. The highest BCUT2D eigenvalue weighted by Gasteiger charge is 2.16. The molecule has 2 rings (SSSR count). The Bertz CT molecular complexity index is 507. The number of aliphatic carboxylic acids is 1. The normalized spacial score (nSPS) is 12.5. The molecule has 0 aliphatic heterocycles. The van der Waals surface area contributed by atoms with E-state index in [0.717, 1.165) is 16.3 Å². The summed E-state index contributed by atoms with van der Waals surface area (Å²) in [5.74, 6) is -0.806. The molecule has 0 fully saturated rings. The summed E-state index contributed by atoms with van der Waals surface area (Å²) < 4.78 is 0. The Balaban J connectivity index is 2.02. The molecule has 2 aromatic heterocycles. The standard InChI is InChI=1S/C12H15N3O2S/c1-8-10(15-7-14-8)6-13-9(5-12(16)17)11-3-2-4-18-11/h2-4,7,9,13H,5-6H2,1H3,(H,14,15)(H,16,17). The molecule has 96 valence electrons. The first-order valence-electron chi connectivity index (χ1n) is 5.64. The zero-order valence-corrected chi connectivity index (χ0v) is 10.8. The number of aryl methyl sites for hydroxylation is 1. The first kappa shape index (κ1) is 12.8. The van der Waals surface area contributed by atoms with Gasteiger partial charge in [0.05, 0.1) is 24.5 Å². The lowest BCUT2D eigenvalue weighted by Gasteiger charge is -2.14. The molecule has 2 aromatic rings. The molecule has 6 heteroatoms. The van der Waals surface area contributed by atoms with E-state index in [4.69, 9.17) is 5.11 Å². The minimum Gasteiger partial charge on any atom is -0.481 e. The van der Waals surface area contributed by atoms with Gasteiger partial charge >= 0.3 is 5.97 Å². The van der Waals surface area contributed by atoms with Crippen molar-refractivity contribution < 1.29 is 9.90 Å². The van der Waals surface area contributed by atoms with E-state index in [1.54, 1.807) is 17.7 Å². The fraction of sp³-hybridized carbons (Fsp3) is 0.333. The predicted octanol–water partition coefficient (Wildman–Crippen LogP) is 2.09. The fourth-order valence-electron chi connectivity index (χ4n) is 1.72. The molecular weight excluding hydrogens is 250 g/mol. The lowest BCUT2D eigenvalue weighted by molar-refractivity contribution is -0.137. The van der Waals surface area contributed by atoms with E-state index < -0.39 is 5.97 Å². The second-order valence-electron chi connectivity index (χ2n) is 4.02. The summed E-state index contributed by atoms with van der Waals surface area (Å²) in [6.07, 6.45) is 1.72. The average molecular weight is 265 g/mol. The number of aromatic nitrogens is 2. The number of hydrogen-bond acceptors (Lipinski definition) is 4. The van der Waals surface area contributed by atoms with Crippen LogP contribution in [0.1, 0.15) is 28.7 Å². The van der Waals surface area contributed by atoms with Crippen molar-refractivity contribution in [3.63, 3.8) is 0 Å². The number of imidazole rings is 1. The van der Waals surface area contributed by atoms with Crippen LogP contribution in [-0.4, -0.2) is 21.0 Å². The van der Waals surface area contributed by atoms with Crippen molar-refractivity contribution >= 4 is 17.3 Å². The molecule has 3 N–H and O–H groups in total. The van der Waals surface area contributed by atoms with Crippen LogP contribution in [0, 0.1) is 6.92 Å². The largest absolute Gasteiger partial charge is 0.481 e. The van der Waals surface area contributed by atoms with Gasteiger partial charge in [-0.15, -0.1) is 11.3 Å². The zero-order chi connectivity index (χ0) is 13.0. The van der Waals surface area contributed by atoms with Crippen molar-refractivity contribution in [3.05, 3.63) is 40.1 Å². The molecule has 0 radical (unpaired) electrons. The van der Waals surface area contributed by atoms with Crippen molar-refractivity contribution in [2.45, 2.75) is 25.9 Å². The Hall–Kier alpha value is -1.66. The van der Waals surface area contributed by atoms with Gasteiger partial charge in [0.1, 0.15) is 0 Å². The number of H-pyrrole nitrogens is 1. The van der Waals surface area contributed by atoms with Gasteiger partial charge in [0.2, 0.25) is 0 Å². The van der Waals surface area contributed by atoms with Crippen LogP contribution in [-0.2, 0) is 11.3 Å². The van der Waals surface area contributed by atoms with E-state index in [1.807, 2.05) is 24.4 Å². The van der Waals surface area contributed by atoms with Gasteiger partial charge in [0.15, 0.2) is 0 Å². The van der Waals surface area contributed by atoms with E-state index in [1.165, 1.54) is 0 Å². The highest BCUT2D eigenvalue weighted by atomic mass is 32.1. The van der Waals surface area contributed by atoms with Gasteiger partial charge in [-0.2, -0.15) is 0 Å². The number of aromatic amines is 1. The highest BCUT2D eigenvalue weighted by Crippen LogP contribution is 2.22. The van der Waals surface area contributed by atoms with E-state index in [2.05, 4.69) is 15.3 Å². The Morgan fingerprint density at radius 1 is 1.67 bits per heavy atom. The van der Waals surface area contributed by atoms with Crippen LogP contribution in [0.2, 0.25) is 0 Å². The molecule has 0 amide bonds. The van der Waals surface area contributed by atoms with Crippen molar-refractivity contribution in [2.75, 3.05) is 0 Å². The second-order valence-corrected chi connectivity index (χ2v) is 5.00. The minimum absolute atomic E-state index is 0.0734. The van der Waals surface area contributed by atoms with Gasteiger partial charge in [-0.1, -0.05) is 6.07 Å². The predicted molar refractivity (Wildman–Crippen MR) is 69.5 cm³/mol. The van der Waals surface area contributed by atoms with Crippen LogP contribution in [0.15, 0.2) is 23.8 Å². The topological polar surface area (TPSA) is 78.0 Å². The van der Waals surface area contributed by atoms with E-state index in [9.17, 15) is 4.79 Å². The molecule has 0 aromatic carbocycles. The van der Waals surface area contributed by atoms with Gasteiger partial charge in [-0.05, 0) is 18.4 Å². The van der Waals surface area contributed by atoms with Crippen LogP contribution < -0.4 is 5.32 Å². The summed E-state index contributed by atoms with van der Waals surface area (Å²) in [5, 5.41) is 14.1. The number of rotatable bonds is 6. The molecule has 0 saturated carbocycles. The van der Waals surface area contributed by atoms with Crippen molar-refractivity contribution in [2.24, 2.45) is 0 Å². The molecule has 2 heterocycles. The fourth-order valence-corrected chi connectivity index (χ4v) is 2.53. The van der Waals surface area contributed by atoms with Gasteiger partial charge < -0.3 is 15.4 Å². The van der Waals surface area contributed by atoms with Crippen molar-refractivity contribution in [1.82, 2.24) is 15.3 Å². The monoisotopic (exact) mass is 265 g/mol. The van der Waals surface area contributed by atoms with Gasteiger partial charge in [-0.3, -0.25) is 4.79 Å². The maximum Gasteiger partial charge on any atom is 0.305 e. The summed E-state index contributed by atoms with van der Waals surface area (Å²) in [5.41, 5.74) is 1.92. The van der Waals surface area contributed by atoms with E-state index >= 15 is 0 Å². The average Bonchev–Trinajstić information content (AvgIpc) is 2.95. The van der Waals surface area contributed by atoms with Crippen LogP contribution >= 0.6 is 11.3 Å². The second kappa shape index (κ2) is 5.79. The molecule has 0 bridgehead atoms. The first-order valence-corrected chi connectivity index (χ1v) is 6.52. The van der Waals surface area contributed by atoms with E-state index in [-0.39, 0.29) is 12.5 Å². The summed E-state index contributed by atoms with van der Waals surface area (Å²) in [6.45, 7) is 2.51. The molecule has 5 nitrogen and oxygen atoms in total. The maximum absolute atomic E-state index is 10.9. The van der Waals surface area contributed by atoms with Gasteiger partial charge in [0, 0.05) is 17.1 Å². The summed E-state index contributed by atoms with van der Waals surface area (Å²) in [6, 6.07) is 3.71. The van der Waals surface area contributed by atoms with Crippen molar-refractivity contribution in [1.29, 1.82) is 0 Å². The van der Waals surface area contributed by atoms with Crippen molar-refractivity contribution in [3.8, 4) is 0 Å². The number of nitrogens with zero attached hydrogens (tertiary/aromatic N) is 1. The quantitative estimate of drug-likeness (QED) is 0.747. The number of nitrogens with one attached hydrogen (secondary N) is 2. The van der Waals surface area contributed by atoms with Crippen LogP contribution in [0.4, 0.5) is 0 Å². The Morgan fingerprint density at radius 2 is 2.50 bits per heavy atom. The van der Waals surface area contributed by atoms with E-state index in [0.29, 0.717) is 6.54 Å². The molecule has 0 saturated heterocycles. The lowest BCUT2D eigenvalue weighted by Crippen LogP contribution is -2.23. The Labute approximate surface area is 109 Å². The SMILES string of the molecule is Cc1[nH]cnc1CNC(CC(=O)O)c1cccs1. The molecule has 18 heavy (non-hydrogen) atoms. The number of thiophene rings is 1. The maximum atomic E-state index is 10.9. The van der Waals surface area contributed by atoms with Crippen LogP contribution in [0.5, 0.6) is 0 Å². The third-order valence-corrected chi connectivity index (χ3v) is 3.70. The molecule has 0 aliphatic carbocycles. The summed E-state index contributed by atoms with van der Waals surface area (Å²) >= 11 is 1.56. The number of carboxylic acid groups (broad SMARTS) is 1. The molecule has 0 aliphatic rings. The van der Waals surface area contributed by atoms with Crippen LogP contribution in [0.3, 0.4) is 0 Å².